The summed E-state index contributed by atoms with van der Waals surface area (Å²) >= 11 is 0. The van der Waals surface area contributed by atoms with Gasteiger partial charge in [-0.1, -0.05) is 0 Å². The first kappa shape index (κ1) is 14.5. The molecule has 0 heterocycles. The van der Waals surface area contributed by atoms with Crippen LogP contribution in [0, 0.1) is 10.1 Å². The molecule has 0 aliphatic heterocycles. The normalized spacial score (nSPS) is 24.9. The summed E-state index contributed by atoms with van der Waals surface area (Å²) in [6.45, 7) is 0. The van der Waals surface area contributed by atoms with E-state index in [4.69, 9.17) is 14.2 Å². The first-order chi connectivity index (χ1) is 9.60. The van der Waals surface area contributed by atoms with Gasteiger partial charge in [-0.15, -0.1) is 0 Å². The van der Waals surface area contributed by atoms with Crippen molar-refractivity contribution in [3.8, 4) is 11.5 Å². The van der Waals surface area contributed by atoms with Gasteiger partial charge in [0.1, 0.15) is 18.0 Å². The van der Waals surface area contributed by atoms with Crippen LogP contribution in [0.1, 0.15) is 6.42 Å². The maximum Gasteiger partial charge on any atom is 0.311 e. The van der Waals surface area contributed by atoms with Gasteiger partial charge in [0, 0.05) is 31.7 Å². The number of benzene rings is 1. The molecule has 3 atom stereocenters. The molecule has 1 aliphatic carbocycles. The van der Waals surface area contributed by atoms with Gasteiger partial charge in [-0.2, -0.15) is 0 Å². The van der Waals surface area contributed by atoms with E-state index in [0.29, 0.717) is 5.75 Å². The molecule has 0 aromatic heterocycles. The van der Waals surface area contributed by atoms with E-state index >= 15 is 0 Å². The lowest BCUT2D eigenvalue weighted by atomic mass is 9.85. The lowest BCUT2D eigenvalue weighted by Gasteiger charge is -2.42. The number of likely N-dealkylation sites (N-methyl/N-ethyl adjacent to an activating group) is 1. The summed E-state index contributed by atoms with van der Waals surface area (Å²) in [6, 6.07) is 4.65. The summed E-state index contributed by atoms with van der Waals surface area (Å²) < 4.78 is 16.1. The molecule has 0 bridgehead atoms. The highest BCUT2D eigenvalue weighted by Crippen LogP contribution is 2.35. The van der Waals surface area contributed by atoms with E-state index in [0.717, 1.165) is 6.42 Å². The second-order valence-electron chi connectivity index (χ2n) is 4.58. The van der Waals surface area contributed by atoms with Crippen LogP contribution < -0.4 is 14.8 Å². The predicted molar refractivity (Wildman–Crippen MR) is 72.3 cm³/mol. The van der Waals surface area contributed by atoms with Gasteiger partial charge in [0.2, 0.25) is 5.75 Å². The Balaban J connectivity index is 2.18. The molecule has 110 valence electrons. The molecule has 7 nitrogen and oxygen atoms in total. The molecule has 1 aromatic rings. The molecular formula is C13H18N2O5. The molecular weight excluding hydrogens is 264 g/mol. The minimum absolute atomic E-state index is 0.0754. The SMILES string of the molecule is CNC1CC(Oc2cc(OC)ccc2[N+](=O)[O-])C1OC. The Morgan fingerprint density at radius 1 is 1.40 bits per heavy atom. The van der Waals surface area contributed by atoms with Gasteiger partial charge in [0.05, 0.1) is 12.0 Å². The highest BCUT2D eigenvalue weighted by molar-refractivity contribution is 5.50. The minimum Gasteiger partial charge on any atom is -0.497 e. The van der Waals surface area contributed by atoms with Crippen LogP contribution in [0.3, 0.4) is 0 Å². The standard InChI is InChI=1S/C13H18N2O5/c1-14-9-7-12(13(9)19-3)20-11-6-8(18-2)4-5-10(11)15(16)17/h4-6,9,12-14H,7H2,1-3H3. The molecule has 1 fully saturated rings. The van der Waals surface area contributed by atoms with Crippen molar-refractivity contribution in [2.75, 3.05) is 21.3 Å². The van der Waals surface area contributed by atoms with Crippen LogP contribution in [0.2, 0.25) is 0 Å². The fourth-order valence-electron chi connectivity index (χ4n) is 2.32. The van der Waals surface area contributed by atoms with Crippen molar-refractivity contribution < 1.29 is 19.1 Å². The van der Waals surface area contributed by atoms with Crippen molar-refractivity contribution in [1.82, 2.24) is 5.32 Å². The van der Waals surface area contributed by atoms with Crippen LogP contribution in [0.5, 0.6) is 11.5 Å². The predicted octanol–water partition coefficient (Wildman–Crippen LogP) is 1.36. The number of hydrogen-bond donors (Lipinski definition) is 1. The van der Waals surface area contributed by atoms with Crippen molar-refractivity contribution in [3.05, 3.63) is 28.3 Å². The zero-order valence-electron chi connectivity index (χ0n) is 11.7. The number of nitrogens with one attached hydrogen (secondary N) is 1. The van der Waals surface area contributed by atoms with E-state index in [1.165, 1.54) is 25.3 Å². The number of nitro benzene ring substituents is 1. The summed E-state index contributed by atoms with van der Waals surface area (Å²) in [4.78, 5) is 10.6. The monoisotopic (exact) mass is 282 g/mol. The Labute approximate surface area is 117 Å². The Morgan fingerprint density at radius 3 is 2.70 bits per heavy atom. The molecule has 0 radical (unpaired) electrons. The zero-order chi connectivity index (χ0) is 14.7. The molecule has 0 saturated heterocycles. The maximum atomic E-state index is 11.0. The van der Waals surface area contributed by atoms with Crippen LogP contribution in [0.4, 0.5) is 5.69 Å². The molecule has 0 amide bonds. The number of methoxy groups -OCH3 is 2. The first-order valence-electron chi connectivity index (χ1n) is 6.29. The van der Waals surface area contributed by atoms with Crippen LogP contribution in [0.25, 0.3) is 0 Å². The van der Waals surface area contributed by atoms with Crippen molar-refractivity contribution in [3.63, 3.8) is 0 Å². The van der Waals surface area contributed by atoms with E-state index in [9.17, 15) is 10.1 Å². The molecule has 7 heteroatoms. The van der Waals surface area contributed by atoms with Crippen molar-refractivity contribution in [1.29, 1.82) is 0 Å². The topological polar surface area (TPSA) is 82.9 Å². The van der Waals surface area contributed by atoms with Crippen LogP contribution in [-0.4, -0.2) is 44.4 Å². The van der Waals surface area contributed by atoms with Gasteiger partial charge < -0.3 is 19.5 Å². The average Bonchev–Trinajstić information content (AvgIpc) is 2.42. The van der Waals surface area contributed by atoms with Gasteiger partial charge >= 0.3 is 5.69 Å². The molecule has 2 rings (SSSR count). The van der Waals surface area contributed by atoms with E-state index < -0.39 is 4.92 Å². The number of ether oxygens (including phenoxy) is 3. The van der Waals surface area contributed by atoms with Crippen LogP contribution >= 0.6 is 0 Å². The third kappa shape index (κ3) is 2.68. The number of nitro groups is 1. The van der Waals surface area contributed by atoms with Crippen LogP contribution in [0.15, 0.2) is 18.2 Å². The van der Waals surface area contributed by atoms with E-state index in [1.54, 1.807) is 7.11 Å². The van der Waals surface area contributed by atoms with Crippen molar-refractivity contribution in [2.24, 2.45) is 0 Å². The Hall–Kier alpha value is -1.86. The minimum atomic E-state index is -0.467. The van der Waals surface area contributed by atoms with Gasteiger partial charge in [0.15, 0.2) is 0 Å². The number of nitrogens with zero attached hydrogens (tertiary/aromatic N) is 1. The number of rotatable bonds is 6. The number of hydrogen-bond acceptors (Lipinski definition) is 6. The molecule has 1 aliphatic rings. The fraction of sp³-hybridized carbons (Fsp3) is 0.538. The summed E-state index contributed by atoms with van der Waals surface area (Å²) in [5.41, 5.74) is -0.0754. The zero-order valence-corrected chi connectivity index (χ0v) is 11.7. The van der Waals surface area contributed by atoms with Crippen molar-refractivity contribution in [2.45, 2.75) is 24.7 Å². The first-order valence-corrected chi connectivity index (χ1v) is 6.29. The summed E-state index contributed by atoms with van der Waals surface area (Å²) in [6.07, 6.45) is 0.415. The highest BCUT2D eigenvalue weighted by atomic mass is 16.6. The molecule has 1 N–H and O–H groups in total. The van der Waals surface area contributed by atoms with E-state index in [1.807, 2.05) is 7.05 Å². The van der Waals surface area contributed by atoms with Crippen LogP contribution in [-0.2, 0) is 4.74 Å². The second kappa shape index (κ2) is 6.06. The third-order valence-electron chi connectivity index (χ3n) is 3.53. The summed E-state index contributed by atoms with van der Waals surface area (Å²) in [5, 5.41) is 14.1. The van der Waals surface area contributed by atoms with Gasteiger partial charge in [-0.3, -0.25) is 10.1 Å². The molecule has 0 spiro atoms. The fourth-order valence-corrected chi connectivity index (χ4v) is 2.32. The largest absolute Gasteiger partial charge is 0.497 e. The third-order valence-corrected chi connectivity index (χ3v) is 3.53. The van der Waals surface area contributed by atoms with Crippen molar-refractivity contribution >= 4 is 5.69 Å². The molecule has 3 unspecified atom stereocenters. The Kier molecular flexibility index (Phi) is 4.41. The quantitative estimate of drug-likeness (QED) is 0.626. The lowest BCUT2D eigenvalue weighted by molar-refractivity contribution is -0.386. The second-order valence-corrected chi connectivity index (χ2v) is 4.58. The maximum absolute atomic E-state index is 11.0. The lowest BCUT2D eigenvalue weighted by Crippen LogP contribution is -2.60. The molecule has 1 saturated carbocycles. The molecule has 20 heavy (non-hydrogen) atoms. The van der Waals surface area contributed by atoms with Gasteiger partial charge in [-0.25, -0.2) is 0 Å². The highest BCUT2D eigenvalue weighted by Gasteiger charge is 2.43. The Morgan fingerprint density at radius 2 is 2.15 bits per heavy atom. The Bertz CT molecular complexity index is 494. The van der Waals surface area contributed by atoms with E-state index in [-0.39, 0.29) is 29.7 Å². The summed E-state index contributed by atoms with van der Waals surface area (Å²) in [7, 11) is 4.95. The van der Waals surface area contributed by atoms with Gasteiger partial charge in [0.25, 0.3) is 0 Å². The average molecular weight is 282 g/mol. The summed E-state index contributed by atoms with van der Waals surface area (Å²) in [5.74, 6) is 0.722. The smallest absolute Gasteiger partial charge is 0.311 e. The van der Waals surface area contributed by atoms with E-state index in [2.05, 4.69) is 5.32 Å². The van der Waals surface area contributed by atoms with Gasteiger partial charge in [-0.05, 0) is 13.1 Å². The molecule has 1 aromatic carbocycles.